The van der Waals surface area contributed by atoms with E-state index in [1.807, 2.05) is 6.07 Å². The predicted molar refractivity (Wildman–Crippen MR) is 47.2 cm³/mol. The topological polar surface area (TPSA) is 64.9 Å². The summed E-state index contributed by atoms with van der Waals surface area (Å²) in [7, 11) is 0. The minimum atomic E-state index is 0.406. The third kappa shape index (κ3) is 1.61. The fourth-order valence-electron chi connectivity index (χ4n) is 0.990. The van der Waals surface area contributed by atoms with Gasteiger partial charge in [0.25, 0.3) is 0 Å². The Labute approximate surface area is 66.4 Å². The summed E-state index contributed by atoms with van der Waals surface area (Å²) in [5, 5.41) is 0. The van der Waals surface area contributed by atoms with E-state index in [0.29, 0.717) is 17.6 Å². The van der Waals surface area contributed by atoms with Gasteiger partial charge in [0, 0.05) is 0 Å². The maximum absolute atomic E-state index is 5.63. The molecule has 0 amide bonds. The first kappa shape index (κ1) is 7.85. The zero-order valence-corrected chi connectivity index (χ0v) is 6.83. The monoisotopic (exact) mass is 151 g/mol. The molecular weight excluding hydrogens is 138 g/mol. The van der Waals surface area contributed by atoms with E-state index < -0.39 is 0 Å². The fraction of sp³-hybridized carbons (Fsp3) is 0.375. The van der Waals surface area contributed by atoms with Crippen LogP contribution in [-0.2, 0) is 0 Å². The van der Waals surface area contributed by atoms with Crippen LogP contribution in [0.5, 0.6) is 0 Å². The molecule has 0 unspecified atom stereocenters. The Bertz CT molecular complexity index is 256. The van der Waals surface area contributed by atoms with Gasteiger partial charge in [-0.3, -0.25) is 0 Å². The minimum absolute atomic E-state index is 0.406. The lowest BCUT2D eigenvalue weighted by Crippen LogP contribution is -2.01. The molecule has 0 aromatic carbocycles. The number of nitrogens with two attached hydrogens (primary N) is 2. The van der Waals surface area contributed by atoms with Gasteiger partial charge in [0.15, 0.2) is 0 Å². The van der Waals surface area contributed by atoms with Gasteiger partial charge >= 0.3 is 0 Å². The van der Waals surface area contributed by atoms with Crippen LogP contribution in [0.1, 0.15) is 25.3 Å². The first-order valence-electron chi connectivity index (χ1n) is 3.63. The predicted octanol–water partition coefficient (Wildman–Crippen LogP) is 1.37. The van der Waals surface area contributed by atoms with Crippen LogP contribution in [0.3, 0.4) is 0 Å². The second kappa shape index (κ2) is 2.78. The lowest BCUT2D eigenvalue weighted by atomic mass is 10.0. The van der Waals surface area contributed by atoms with Crippen molar-refractivity contribution in [3.05, 3.63) is 17.7 Å². The van der Waals surface area contributed by atoms with E-state index >= 15 is 0 Å². The van der Waals surface area contributed by atoms with Crippen molar-refractivity contribution in [2.24, 2.45) is 0 Å². The number of nitrogen functional groups attached to an aromatic ring is 2. The average molecular weight is 151 g/mol. The Morgan fingerprint density at radius 2 is 1.91 bits per heavy atom. The molecule has 0 spiro atoms. The third-order valence-corrected chi connectivity index (χ3v) is 1.60. The Kier molecular flexibility index (Phi) is 1.98. The van der Waals surface area contributed by atoms with Crippen molar-refractivity contribution < 1.29 is 0 Å². The van der Waals surface area contributed by atoms with Gasteiger partial charge in [0.05, 0.1) is 0 Å². The molecule has 0 aliphatic rings. The molecule has 0 radical (unpaired) electrons. The van der Waals surface area contributed by atoms with Crippen molar-refractivity contribution in [1.82, 2.24) is 4.98 Å². The number of rotatable bonds is 1. The zero-order chi connectivity index (χ0) is 8.43. The summed E-state index contributed by atoms with van der Waals surface area (Å²) in [4.78, 5) is 3.95. The van der Waals surface area contributed by atoms with Gasteiger partial charge in [-0.25, -0.2) is 4.98 Å². The molecule has 1 aromatic rings. The fourth-order valence-corrected chi connectivity index (χ4v) is 0.990. The van der Waals surface area contributed by atoms with E-state index in [2.05, 4.69) is 18.8 Å². The van der Waals surface area contributed by atoms with Crippen LogP contribution in [-0.4, -0.2) is 4.98 Å². The Morgan fingerprint density at radius 3 is 2.36 bits per heavy atom. The average Bonchev–Trinajstić information content (AvgIpc) is 1.85. The lowest BCUT2D eigenvalue weighted by molar-refractivity contribution is 0.863. The number of nitrogens with zero attached hydrogens (tertiary/aromatic N) is 1. The summed E-state index contributed by atoms with van der Waals surface area (Å²) in [6, 6.07) is 3.69. The van der Waals surface area contributed by atoms with Crippen molar-refractivity contribution >= 4 is 11.6 Å². The summed E-state index contributed by atoms with van der Waals surface area (Å²) in [6.45, 7) is 4.15. The Hall–Kier alpha value is -1.25. The molecule has 60 valence electrons. The van der Waals surface area contributed by atoms with Crippen LogP contribution in [0.2, 0.25) is 0 Å². The number of pyridine rings is 1. The first-order chi connectivity index (χ1) is 5.11. The molecular formula is C8H13N3. The molecule has 0 fully saturated rings. The van der Waals surface area contributed by atoms with Crippen molar-refractivity contribution in [3.8, 4) is 0 Å². The Balaban J connectivity index is 3.09. The van der Waals surface area contributed by atoms with Crippen LogP contribution in [0.4, 0.5) is 11.6 Å². The molecule has 0 bridgehead atoms. The van der Waals surface area contributed by atoms with E-state index in [-0.39, 0.29) is 0 Å². The van der Waals surface area contributed by atoms with Crippen LogP contribution < -0.4 is 11.5 Å². The summed E-state index contributed by atoms with van der Waals surface area (Å²) in [5.41, 5.74) is 12.1. The first-order valence-corrected chi connectivity index (χ1v) is 3.63. The second-order valence-electron chi connectivity index (χ2n) is 2.87. The van der Waals surface area contributed by atoms with E-state index in [9.17, 15) is 0 Å². The summed E-state index contributed by atoms with van der Waals surface area (Å²) >= 11 is 0. The van der Waals surface area contributed by atoms with Gasteiger partial charge in [-0.2, -0.15) is 0 Å². The van der Waals surface area contributed by atoms with E-state index in [1.165, 1.54) is 0 Å². The van der Waals surface area contributed by atoms with Crippen molar-refractivity contribution in [1.29, 1.82) is 0 Å². The van der Waals surface area contributed by atoms with Crippen molar-refractivity contribution in [2.45, 2.75) is 19.8 Å². The molecule has 0 aliphatic carbocycles. The highest BCUT2D eigenvalue weighted by molar-refractivity contribution is 5.47. The van der Waals surface area contributed by atoms with E-state index in [1.54, 1.807) is 6.07 Å². The quantitative estimate of drug-likeness (QED) is 0.637. The standard InChI is InChI=1S/C8H13N3/c1-5(2)6-3-4-7(9)11-8(6)10/h3-5H,1-2H3,(H4,9,10,11). The van der Waals surface area contributed by atoms with Crippen LogP contribution >= 0.6 is 0 Å². The van der Waals surface area contributed by atoms with Gasteiger partial charge in [0.2, 0.25) is 0 Å². The lowest BCUT2D eigenvalue weighted by Gasteiger charge is -2.07. The number of hydrogen-bond donors (Lipinski definition) is 2. The zero-order valence-electron chi connectivity index (χ0n) is 6.83. The normalized spacial score (nSPS) is 10.5. The Morgan fingerprint density at radius 1 is 1.27 bits per heavy atom. The molecule has 1 aromatic heterocycles. The van der Waals surface area contributed by atoms with E-state index in [4.69, 9.17) is 11.5 Å². The highest BCUT2D eigenvalue weighted by atomic mass is 14.9. The largest absolute Gasteiger partial charge is 0.384 e. The molecule has 0 saturated heterocycles. The summed E-state index contributed by atoms with van der Waals surface area (Å²) in [5.74, 6) is 1.43. The van der Waals surface area contributed by atoms with Gasteiger partial charge < -0.3 is 11.5 Å². The molecule has 3 nitrogen and oxygen atoms in total. The molecule has 11 heavy (non-hydrogen) atoms. The van der Waals surface area contributed by atoms with Gasteiger partial charge in [0.1, 0.15) is 11.6 Å². The molecule has 0 saturated carbocycles. The van der Waals surface area contributed by atoms with Crippen LogP contribution in [0, 0.1) is 0 Å². The smallest absolute Gasteiger partial charge is 0.129 e. The third-order valence-electron chi connectivity index (χ3n) is 1.60. The molecule has 0 atom stereocenters. The second-order valence-corrected chi connectivity index (χ2v) is 2.87. The van der Waals surface area contributed by atoms with Gasteiger partial charge in [-0.15, -0.1) is 0 Å². The summed E-state index contributed by atoms with van der Waals surface area (Å²) in [6.07, 6.45) is 0. The maximum Gasteiger partial charge on any atom is 0.129 e. The number of aromatic nitrogens is 1. The molecule has 1 heterocycles. The minimum Gasteiger partial charge on any atom is -0.384 e. The van der Waals surface area contributed by atoms with Crippen LogP contribution in [0.25, 0.3) is 0 Å². The molecule has 0 aliphatic heterocycles. The number of hydrogen-bond acceptors (Lipinski definition) is 3. The maximum atomic E-state index is 5.63. The SMILES string of the molecule is CC(C)c1ccc(N)nc1N. The van der Waals surface area contributed by atoms with E-state index in [0.717, 1.165) is 5.56 Å². The molecule has 1 rings (SSSR count). The molecule has 4 N–H and O–H groups in total. The highest BCUT2D eigenvalue weighted by Gasteiger charge is 2.03. The number of anilines is 2. The highest BCUT2D eigenvalue weighted by Crippen LogP contribution is 2.20. The van der Waals surface area contributed by atoms with Gasteiger partial charge in [-0.1, -0.05) is 19.9 Å². The van der Waals surface area contributed by atoms with Crippen LogP contribution in [0.15, 0.2) is 12.1 Å². The summed E-state index contributed by atoms with van der Waals surface area (Å²) < 4.78 is 0. The van der Waals surface area contributed by atoms with Crippen molar-refractivity contribution in [2.75, 3.05) is 11.5 Å². The van der Waals surface area contributed by atoms with Crippen molar-refractivity contribution in [3.63, 3.8) is 0 Å². The molecule has 3 heteroatoms. The van der Waals surface area contributed by atoms with Gasteiger partial charge in [-0.05, 0) is 17.5 Å².